The first-order valence-corrected chi connectivity index (χ1v) is 11.2. The van der Waals surface area contributed by atoms with E-state index >= 15 is 0 Å². The van der Waals surface area contributed by atoms with Gasteiger partial charge in [0.15, 0.2) is 0 Å². The lowest BCUT2D eigenvalue weighted by atomic mass is 10.0. The highest BCUT2D eigenvalue weighted by Gasteiger charge is 2.31. The predicted molar refractivity (Wildman–Crippen MR) is 114 cm³/mol. The van der Waals surface area contributed by atoms with Gasteiger partial charge < -0.3 is 5.32 Å². The number of carbonyl (C=O) groups is 1. The van der Waals surface area contributed by atoms with E-state index < -0.39 is 27.7 Å². The molecule has 0 saturated carbocycles. The lowest BCUT2D eigenvalue weighted by Crippen LogP contribution is -2.35. The Labute approximate surface area is 183 Å². The summed E-state index contributed by atoms with van der Waals surface area (Å²) in [6.45, 7) is 0.632. The number of sulfonamides is 1. The van der Waals surface area contributed by atoms with Crippen LogP contribution in [-0.4, -0.2) is 25.2 Å². The number of hydrogen-bond donors (Lipinski definition) is 1. The molecule has 0 aromatic heterocycles. The molecule has 1 aliphatic heterocycles. The van der Waals surface area contributed by atoms with E-state index in [1.54, 1.807) is 0 Å². The zero-order valence-corrected chi connectivity index (χ0v) is 17.6. The SMILES string of the molecule is O=C(Nc1cccc(C(F)(F)F)c1)c1ccc(S(=O)(=O)N2CCc3ccccc3C2)cc1. The van der Waals surface area contributed by atoms with Crippen molar-refractivity contribution in [2.45, 2.75) is 24.0 Å². The molecule has 32 heavy (non-hydrogen) atoms. The van der Waals surface area contributed by atoms with Crippen LogP contribution in [0.1, 0.15) is 27.0 Å². The van der Waals surface area contributed by atoms with Gasteiger partial charge in [-0.15, -0.1) is 0 Å². The van der Waals surface area contributed by atoms with Gasteiger partial charge in [0.2, 0.25) is 10.0 Å². The van der Waals surface area contributed by atoms with Gasteiger partial charge in [0.25, 0.3) is 5.91 Å². The van der Waals surface area contributed by atoms with Crippen LogP contribution in [0.15, 0.2) is 77.7 Å². The predicted octanol–water partition coefficient (Wildman–Crippen LogP) is 4.70. The molecule has 1 amide bonds. The summed E-state index contributed by atoms with van der Waals surface area (Å²) in [5.74, 6) is -0.639. The topological polar surface area (TPSA) is 66.5 Å². The van der Waals surface area contributed by atoms with Crippen molar-refractivity contribution in [3.63, 3.8) is 0 Å². The van der Waals surface area contributed by atoms with E-state index in [1.807, 2.05) is 24.3 Å². The van der Waals surface area contributed by atoms with Gasteiger partial charge in [0, 0.05) is 24.3 Å². The Morgan fingerprint density at radius 1 is 0.906 bits per heavy atom. The fourth-order valence-electron chi connectivity index (χ4n) is 3.58. The van der Waals surface area contributed by atoms with Crippen LogP contribution in [0.25, 0.3) is 0 Å². The Bertz CT molecular complexity index is 1260. The van der Waals surface area contributed by atoms with Gasteiger partial charge in [-0.05, 0) is 60.0 Å². The molecule has 166 valence electrons. The smallest absolute Gasteiger partial charge is 0.322 e. The van der Waals surface area contributed by atoms with E-state index in [2.05, 4.69) is 5.32 Å². The van der Waals surface area contributed by atoms with Crippen LogP contribution in [0.3, 0.4) is 0 Å². The first kappa shape index (κ1) is 22.0. The molecule has 0 fully saturated rings. The maximum atomic E-state index is 13.0. The molecule has 4 rings (SSSR count). The number of amides is 1. The minimum Gasteiger partial charge on any atom is -0.322 e. The van der Waals surface area contributed by atoms with Gasteiger partial charge in [-0.3, -0.25) is 4.79 Å². The second kappa shape index (κ2) is 8.40. The van der Waals surface area contributed by atoms with Crippen molar-refractivity contribution in [3.8, 4) is 0 Å². The fraction of sp³-hybridized carbons (Fsp3) is 0.174. The summed E-state index contributed by atoms with van der Waals surface area (Å²) in [5, 5.41) is 2.40. The number of hydrogen-bond acceptors (Lipinski definition) is 3. The molecule has 1 heterocycles. The first-order chi connectivity index (χ1) is 15.1. The van der Waals surface area contributed by atoms with Gasteiger partial charge in [0.1, 0.15) is 0 Å². The third-order valence-electron chi connectivity index (χ3n) is 5.30. The van der Waals surface area contributed by atoms with Crippen LogP contribution >= 0.6 is 0 Å². The second-order valence-electron chi connectivity index (χ2n) is 7.41. The van der Waals surface area contributed by atoms with Crippen molar-refractivity contribution in [1.29, 1.82) is 0 Å². The van der Waals surface area contributed by atoms with Gasteiger partial charge in [-0.25, -0.2) is 8.42 Å². The third kappa shape index (κ3) is 4.53. The van der Waals surface area contributed by atoms with E-state index in [1.165, 1.54) is 40.7 Å². The lowest BCUT2D eigenvalue weighted by molar-refractivity contribution is -0.137. The maximum absolute atomic E-state index is 13.0. The highest BCUT2D eigenvalue weighted by Crippen LogP contribution is 2.31. The molecule has 0 saturated heterocycles. The van der Waals surface area contributed by atoms with Gasteiger partial charge >= 0.3 is 6.18 Å². The van der Waals surface area contributed by atoms with Gasteiger partial charge in [-0.1, -0.05) is 30.3 Å². The molecule has 9 heteroatoms. The lowest BCUT2D eigenvalue weighted by Gasteiger charge is -2.28. The number of anilines is 1. The monoisotopic (exact) mass is 460 g/mol. The highest BCUT2D eigenvalue weighted by molar-refractivity contribution is 7.89. The largest absolute Gasteiger partial charge is 0.416 e. The average Bonchev–Trinajstić information content (AvgIpc) is 2.78. The van der Waals surface area contributed by atoms with E-state index in [-0.39, 0.29) is 22.7 Å². The summed E-state index contributed by atoms with van der Waals surface area (Å²) >= 11 is 0. The summed E-state index contributed by atoms with van der Waals surface area (Å²) in [7, 11) is -3.75. The van der Waals surface area contributed by atoms with Gasteiger partial charge in [-0.2, -0.15) is 17.5 Å². The van der Waals surface area contributed by atoms with Crippen LogP contribution in [0.2, 0.25) is 0 Å². The Morgan fingerprint density at radius 2 is 1.59 bits per heavy atom. The minimum atomic E-state index is -4.52. The standard InChI is InChI=1S/C23H19F3N2O3S/c24-23(25,26)19-6-3-7-20(14-19)27-22(29)17-8-10-21(11-9-17)32(30,31)28-13-12-16-4-1-2-5-18(16)15-28/h1-11,14H,12-13,15H2,(H,27,29). The Kier molecular flexibility index (Phi) is 5.79. The van der Waals surface area contributed by atoms with Crippen molar-refractivity contribution < 1.29 is 26.4 Å². The molecule has 0 unspecified atom stereocenters. The molecule has 3 aromatic rings. The number of alkyl halides is 3. The molecule has 0 aliphatic carbocycles. The zero-order chi connectivity index (χ0) is 22.9. The number of rotatable bonds is 4. The van der Waals surface area contributed by atoms with Crippen LogP contribution in [-0.2, 0) is 29.2 Å². The molecule has 0 spiro atoms. The van der Waals surface area contributed by atoms with E-state index in [0.717, 1.165) is 23.3 Å². The molecule has 1 N–H and O–H groups in total. The number of benzene rings is 3. The van der Waals surface area contributed by atoms with E-state index in [0.29, 0.717) is 13.0 Å². The molecule has 0 atom stereocenters. The third-order valence-corrected chi connectivity index (χ3v) is 7.16. The first-order valence-electron chi connectivity index (χ1n) is 9.80. The number of nitrogens with one attached hydrogen (secondary N) is 1. The summed E-state index contributed by atoms with van der Waals surface area (Å²) in [5.41, 5.74) is 1.33. The van der Waals surface area contributed by atoms with E-state index in [4.69, 9.17) is 0 Å². The minimum absolute atomic E-state index is 0.00601. The molecule has 0 bridgehead atoms. The Balaban J connectivity index is 1.49. The number of carbonyl (C=O) groups excluding carboxylic acids is 1. The Morgan fingerprint density at radius 3 is 2.28 bits per heavy atom. The van der Waals surface area contributed by atoms with E-state index in [9.17, 15) is 26.4 Å². The van der Waals surface area contributed by atoms with Crippen LogP contribution in [0, 0.1) is 0 Å². The number of fused-ring (bicyclic) bond motifs is 1. The highest BCUT2D eigenvalue weighted by atomic mass is 32.2. The van der Waals surface area contributed by atoms with Crippen molar-refractivity contribution >= 4 is 21.6 Å². The average molecular weight is 460 g/mol. The molecular weight excluding hydrogens is 441 g/mol. The van der Waals surface area contributed by atoms with Crippen molar-refractivity contribution in [2.75, 3.05) is 11.9 Å². The molecule has 5 nitrogen and oxygen atoms in total. The van der Waals surface area contributed by atoms with Crippen molar-refractivity contribution in [1.82, 2.24) is 4.31 Å². The zero-order valence-electron chi connectivity index (χ0n) is 16.8. The second-order valence-corrected chi connectivity index (χ2v) is 9.35. The number of nitrogens with zero attached hydrogens (tertiary/aromatic N) is 1. The quantitative estimate of drug-likeness (QED) is 0.614. The van der Waals surface area contributed by atoms with Crippen LogP contribution in [0.5, 0.6) is 0 Å². The van der Waals surface area contributed by atoms with Crippen molar-refractivity contribution in [2.24, 2.45) is 0 Å². The molecule has 0 radical (unpaired) electrons. The Hall–Kier alpha value is -3.17. The summed E-state index contributed by atoms with van der Waals surface area (Å²) in [4.78, 5) is 12.5. The normalized spacial score (nSPS) is 14.6. The van der Waals surface area contributed by atoms with Crippen LogP contribution in [0.4, 0.5) is 18.9 Å². The molecular formula is C23H19F3N2O3S. The fourth-order valence-corrected chi connectivity index (χ4v) is 5.00. The molecule has 3 aromatic carbocycles. The summed E-state index contributed by atoms with van der Waals surface area (Å²) in [6, 6.07) is 17.3. The van der Waals surface area contributed by atoms with Gasteiger partial charge in [0.05, 0.1) is 10.5 Å². The summed E-state index contributed by atoms with van der Waals surface area (Å²) < 4.78 is 66.0. The summed E-state index contributed by atoms with van der Waals surface area (Å²) in [6.07, 6.45) is -3.90. The maximum Gasteiger partial charge on any atom is 0.416 e. The molecule has 1 aliphatic rings. The van der Waals surface area contributed by atoms with Crippen LogP contribution < -0.4 is 5.32 Å². The van der Waals surface area contributed by atoms with Crippen molar-refractivity contribution in [3.05, 3.63) is 95.1 Å². The number of halogens is 3.